The van der Waals surface area contributed by atoms with Gasteiger partial charge in [-0.3, -0.25) is 0 Å². The maximum Gasteiger partial charge on any atom is 0.126 e. The largest absolute Gasteiger partial charge is 0.490 e. The number of hydrogen-bond donors (Lipinski definition) is 0. The minimum atomic E-state index is 0.381. The highest BCUT2D eigenvalue weighted by molar-refractivity contribution is 5.42. The van der Waals surface area contributed by atoms with Crippen LogP contribution >= 0.6 is 0 Å². The predicted octanol–water partition coefficient (Wildman–Crippen LogP) is 6.06. The minimum absolute atomic E-state index is 0.381. The zero-order chi connectivity index (χ0) is 24.7. The lowest BCUT2D eigenvalue weighted by molar-refractivity contribution is 0.202. The molecule has 6 nitrogen and oxygen atoms in total. The number of benzene rings is 4. The normalized spacial score (nSPS) is 10.3. The van der Waals surface area contributed by atoms with Crippen LogP contribution in [-0.4, -0.2) is 39.6 Å². The highest BCUT2D eigenvalue weighted by atomic mass is 16.5. The van der Waals surface area contributed by atoms with E-state index in [-0.39, 0.29) is 0 Å². The van der Waals surface area contributed by atoms with Crippen LogP contribution in [0.25, 0.3) is 0 Å². The molecule has 0 saturated carbocycles. The molecule has 0 amide bonds. The van der Waals surface area contributed by atoms with E-state index in [1.807, 2.05) is 109 Å². The molecule has 4 aromatic carbocycles. The van der Waals surface area contributed by atoms with Gasteiger partial charge >= 0.3 is 0 Å². The van der Waals surface area contributed by atoms with Crippen LogP contribution < -0.4 is 28.4 Å². The zero-order valence-corrected chi connectivity index (χ0v) is 20.1. The summed E-state index contributed by atoms with van der Waals surface area (Å²) in [5, 5.41) is 0. The summed E-state index contributed by atoms with van der Waals surface area (Å²) < 4.78 is 34.9. The highest BCUT2D eigenvalue weighted by Gasteiger charge is 2.06. The number of ether oxygens (including phenoxy) is 6. The van der Waals surface area contributed by atoms with E-state index in [9.17, 15) is 0 Å². The van der Waals surface area contributed by atoms with Crippen LogP contribution in [0.1, 0.15) is 0 Å². The molecule has 0 radical (unpaired) electrons. The van der Waals surface area contributed by atoms with E-state index in [0.29, 0.717) is 56.9 Å². The summed E-state index contributed by atoms with van der Waals surface area (Å²) in [5.74, 6) is 4.31. The van der Waals surface area contributed by atoms with Gasteiger partial charge in [0, 0.05) is 18.2 Å². The van der Waals surface area contributed by atoms with Crippen LogP contribution in [0.15, 0.2) is 109 Å². The maximum atomic E-state index is 5.91. The molecule has 0 unspecified atom stereocenters. The van der Waals surface area contributed by atoms with Crippen molar-refractivity contribution in [2.24, 2.45) is 0 Å². The number of hydrogen-bond acceptors (Lipinski definition) is 6. The van der Waals surface area contributed by atoms with E-state index in [4.69, 9.17) is 28.4 Å². The monoisotopic (exact) mass is 486 g/mol. The second-order valence-corrected chi connectivity index (χ2v) is 7.67. The molecule has 0 N–H and O–H groups in total. The molecular formula is C30H30O6. The van der Waals surface area contributed by atoms with Crippen LogP contribution in [0.3, 0.4) is 0 Å². The molecule has 0 atom stereocenters. The van der Waals surface area contributed by atoms with Crippen molar-refractivity contribution in [2.45, 2.75) is 0 Å². The Hall–Kier alpha value is -4.32. The first-order valence-electron chi connectivity index (χ1n) is 11.9. The zero-order valence-electron chi connectivity index (χ0n) is 20.1. The van der Waals surface area contributed by atoms with Crippen LogP contribution in [0.4, 0.5) is 0 Å². The Labute approximate surface area is 211 Å². The first kappa shape index (κ1) is 24.8. The smallest absolute Gasteiger partial charge is 0.126 e. The van der Waals surface area contributed by atoms with Crippen LogP contribution in [0, 0.1) is 0 Å². The summed E-state index contributed by atoms with van der Waals surface area (Å²) in [6.07, 6.45) is 0. The third kappa shape index (κ3) is 8.80. The van der Waals surface area contributed by atoms with Gasteiger partial charge in [0.15, 0.2) is 0 Å². The molecule has 0 aliphatic heterocycles. The van der Waals surface area contributed by atoms with E-state index in [0.717, 1.165) is 17.2 Å². The molecule has 36 heavy (non-hydrogen) atoms. The van der Waals surface area contributed by atoms with Gasteiger partial charge in [0.1, 0.15) is 74.1 Å². The predicted molar refractivity (Wildman–Crippen MR) is 139 cm³/mol. The average Bonchev–Trinajstić information content (AvgIpc) is 2.93. The topological polar surface area (TPSA) is 55.4 Å². The Morgan fingerprint density at radius 3 is 0.750 bits per heavy atom. The quantitative estimate of drug-likeness (QED) is 0.190. The Morgan fingerprint density at radius 2 is 0.500 bits per heavy atom. The van der Waals surface area contributed by atoms with Crippen molar-refractivity contribution in [3.63, 3.8) is 0 Å². The van der Waals surface area contributed by atoms with Crippen molar-refractivity contribution in [3.8, 4) is 34.5 Å². The van der Waals surface area contributed by atoms with Crippen molar-refractivity contribution in [2.75, 3.05) is 39.6 Å². The lowest BCUT2D eigenvalue weighted by Crippen LogP contribution is -2.12. The number of rotatable bonds is 15. The van der Waals surface area contributed by atoms with E-state index in [1.165, 1.54) is 0 Å². The fourth-order valence-electron chi connectivity index (χ4n) is 3.30. The second kappa shape index (κ2) is 14.2. The van der Waals surface area contributed by atoms with Gasteiger partial charge in [0.25, 0.3) is 0 Å². The molecule has 0 spiro atoms. The lowest BCUT2D eigenvalue weighted by Gasteiger charge is -2.14. The first-order chi connectivity index (χ1) is 17.8. The molecule has 0 aromatic heterocycles. The first-order valence-corrected chi connectivity index (χ1v) is 11.9. The van der Waals surface area contributed by atoms with E-state index >= 15 is 0 Å². The molecule has 0 saturated heterocycles. The van der Waals surface area contributed by atoms with E-state index < -0.39 is 0 Å². The summed E-state index contributed by atoms with van der Waals surface area (Å²) in [5.41, 5.74) is 0. The molecule has 0 bridgehead atoms. The standard InChI is InChI=1S/C30H30O6/c1-4-10-25(11-5-1)31-16-19-34-28-22-29(35-20-17-32-26-12-6-2-7-13-26)24-30(23-28)36-21-18-33-27-14-8-3-9-15-27/h1-15,22-24H,16-21H2. The van der Waals surface area contributed by atoms with Crippen LogP contribution in [-0.2, 0) is 0 Å². The minimum Gasteiger partial charge on any atom is -0.490 e. The van der Waals surface area contributed by atoms with Gasteiger partial charge in [-0.1, -0.05) is 54.6 Å². The fraction of sp³-hybridized carbons (Fsp3) is 0.200. The molecule has 0 aliphatic rings. The fourth-order valence-corrected chi connectivity index (χ4v) is 3.30. The van der Waals surface area contributed by atoms with Crippen molar-refractivity contribution in [1.29, 1.82) is 0 Å². The van der Waals surface area contributed by atoms with Crippen molar-refractivity contribution in [3.05, 3.63) is 109 Å². The highest BCUT2D eigenvalue weighted by Crippen LogP contribution is 2.28. The Kier molecular flexibility index (Phi) is 9.76. The lowest BCUT2D eigenvalue weighted by atomic mass is 10.3. The Morgan fingerprint density at radius 1 is 0.278 bits per heavy atom. The van der Waals surface area contributed by atoms with Gasteiger partial charge in [-0.25, -0.2) is 0 Å². The third-order valence-electron chi connectivity index (χ3n) is 4.95. The summed E-state index contributed by atoms with van der Waals surface area (Å²) in [6, 6.07) is 34.4. The van der Waals surface area contributed by atoms with Gasteiger partial charge in [0.2, 0.25) is 0 Å². The van der Waals surface area contributed by atoms with Crippen molar-refractivity contribution in [1.82, 2.24) is 0 Å². The van der Waals surface area contributed by atoms with Gasteiger partial charge in [-0.15, -0.1) is 0 Å². The third-order valence-corrected chi connectivity index (χ3v) is 4.95. The second-order valence-electron chi connectivity index (χ2n) is 7.67. The average molecular weight is 487 g/mol. The number of para-hydroxylation sites is 3. The van der Waals surface area contributed by atoms with Crippen LogP contribution in [0.5, 0.6) is 34.5 Å². The molecule has 4 rings (SSSR count). The van der Waals surface area contributed by atoms with Gasteiger partial charge in [0.05, 0.1) is 0 Å². The molecular weight excluding hydrogens is 456 g/mol. The molecule has 4 aromatic rings. The van der Waals surface area contributed by atoms with Crippen LogP contribution in [0.2, 0.25) is 0 Å². The van der Waals surface area contributed by atoms with Gasteiger partial charge in [-0.05, 0) is 36.4 Å². The summed E-state index contributed by atoms with van der Waals surface area (Å²) in [6.45, 7) is 2.40. The molecule has 0 fully saturated rings. The Balaban J connectivity index is 1.29. The SMILES string of the molecule is c1ccc(OCCOc2cc(OCCOc3ccccc3)cc(OCCOc3ccccc3)c2)cc1. The molecule has 0 heterocycles. The Bertz CT molecular complexity index is 977. The van der Waals surface area contributed by atoms with E-state index in [1.54, 1.807) is 0 Å². The van der Waals surface area contributed by atoms with Gasteiger partial charge in [-0.2, -0.15) is 0 Å². The van der Waals surface area contributed by atoms with Crippen molar-refractivity contribution >= 4 is 0 Å². The summed E-state index contributed by atoms with van der Waals surface area (Å²) >= 11 is 0. The van der Waals surface area contributed by atoms with Gasteiger partial charge < -0.3 is 28.4 Å². The molecule has 6 heteroatoms. The molecule has 186 valence electrons. The van der Waals surface area contributed by atoms with E-state index in [2.05, 4.69) is 0 Å². The summed E-state index contributed by atoms with van der Waals surface area (Å²) in [7, 11) is 0. The summed E-state index contributed by atoms with van der Waals surface area (Å²) in [4.78, 5) is 0. The maximum absolute atomic E-state index is 5.91. The van der Waals surface area contributed by atoms with Crippen molar-refractivity contribution < 1.29 is 28.4 Å². The molecule has 0 aliphatic carbocycles.